The molecule has 0 aliphatic carbocycles. The van der Waals surface area contributed by atoms with Crippen LogP contribution in [0, 0.1) is 3.57 Å². The van der Waals surface area contributed by atoms with Crippen molar-refractivity contribution in [2.45, 2.75) is 0 Å². The highest BCUT2D eigenvalue weighted by Crippen LogP contribution is 2.20. The second-order valence-electron chi connectivity index (χ2n) is 4.80. The summed E-state index contributed by atoms with van der Waals surface area (Å²) >= 11 is 2.28. The number of hydrogen-bond acceptors (Lipinski definition) is 4. The number of piperazine rings is 1. The first-order valence-corrected chi connectivity index (χ1v) is 7.43. The molecule has 3 N–H and O–H groups in total. The minimum Gasteiger partial charge on any atom is -0.397 e. The van der Waals surface area contributed by atoms with Gasteiger partial charge >= 0.3 is 0 Å². The molecule has 1 fully saturated rings. The Morgan fingerprint density at radius 2 is 2.00 bits per heavy atom. The van der Waals surface area contributed by atoms with Crippen LogP contribution in [0.1, 0.15) is 0 Å². The summed E-state index contributed by atoms with van der Waals surface area (Å²) in [7, 11) is 2.18. The van der Waals surface area contributed by atoms with E-state index in [2.05, 4.69) is 56.9 Å². The van der Waals surface area contributed by atoms with E-state index in [1.807, 2.05) is 6.07 Å². The maximum Gasteiger partial charge on any atom is 0.0575 e. The fourth-order valence-corrected chi connectivity index (χ4v) is 2.63. The van der Waals surface area contributed by atoms with Gasteiger partial charge in [-0.15, -0.1) is 0 Å². The Hall–Kier alpha value is -0.530. The third kappa shape index (κ3) is 4.00. The molecule has 0 spiro atoms. The molecule has 0 unspecified atom stereocenters. The van der Waals surface area contributed by atoms with Gasteiger partial charge in [0.05, 0.1) is 11.4 Å². The van der Waals surface area contributed by atoms with E-state index in [1.165, 1.54) is 29.7 Å². The number of likely N-dealkylation sites (N-methyl/N-ethyl adjacent to an activating group) is 1. The van der Waals surface area contributed by atoms with Crippen LogP contribution in [-0.2, 0) is 0 Å². The van der Waals surface area contributed by atoms with Crippen LogP contribution in [0.3, 0.4) is 0 Å². The third-order valence-corrected chi connectivity index (χ3v) is 4.02. The van der Waals surface area contributed by atoms with Gasteiger partial charge in [-0.05, 0) is 47.8 Å². The van der Waals surface area contributed by atoms with Crippen LogP contribution in [0.5, 0.6) is 0 Å². The quantitative estimate of drug-likeness (QED) is 0.632. The van der Waals surface area contributed by atoms with Crippen LogP contribution in [0.15, 0.2) is 18.2 Å². The standard InChI is InChI=1S/C13H21IN4/c1-17-6-8-18(9-7-17)5-4-16-13-3-2-11(14)10-12(13)15/h2-3,10,16H,4-9,15H2,1H3. The minimum atomic E-state index is 0.834. The van der Waals surface area contributed by atoms with Gasteiger partial charge in [0, 0.05) is 42.8 Å². The topological polar surface area (TPSA) is 44.5 Å². The van der Waals surface area contributed by atoms with Gasteiger partial charge in [-0.1, -0.05) is 0 Å². The second kappa shape index (κ2) is 6.58. The van der Waals surface area contributed by atoms with E-state index < -0.39 is 0 Å². The Labute approximate surface area is 123 Å². The average molecular weight is 360 g/mol. The Balaban J connectivity index is 1.75. The predicted molar refractivity (Wildman–Crippen MR) is 86.0 cm³/mol. The highest BCUT2D eigenvalue weighted by Gasteiger charge is 2.12. The molecule has 1 heterocycles. The van der Waals surface area contributed by atoms with Gasteiger partial charge in [0.2, 0.25) is 0 Å². The summed E-state index contributed by atoms with van der Waals surface area (Å²) in [6.07, 6.45) is 0. The molecule has 1 aromatic carbocycles. The van der Waals surface area contributed by atoms with E-state index in [1.54, 1.807) is 0 Å². The molecule has 0 saturated carbocycles. The number of rotatable bonds is 4. The zero-order chi connectivity index (χ0) is 13.0. The predicted octanol–water partition coefficient (Wildman–Crippen LogP) is 1.53. The van der Waals surface area contributed by atoms with Crippen molar-refractivity contribution >= 4 is 34.0 Å². The molecule has 2 rings (SSSR count). The second-order valence-corrected chi connectivity index (χ2v) is 6.05. The maximum atomic E-state index is 5.97. The van der Waals surface area contributed by atoms with Crippen molar-refractivity contribution in [2.24, 2.45) is 0 Å². The lowest BCUT2D eigenvalue weighted by molar-refractivity contribution is 0.158. The highest BCUT2D eigenvalue weighted by atomic mass is 127. The molecule has 0 bridgehead atoms. The summed E-state index contributed by atoms with van der Waals surface area (Å²) in [6.45, 7) is 6.71. The maximum absolute atomic E-state index is 5.97. The molecule has 0 atom stereocenters. The van der Waals surface area contributed by atoms with Gasteiger partial charge < -0.3 is 16.0 Å². The normalized spacial score (nSPS) is 17.9. The molecular weight excluding hydrogens is 339 g/mol. The van der Waals surface area contributed by atoms with Crippen molar-refractivity contribution in [1.82, 2.24) is 9.80 Å². The van der Waals surface area contributed by atoms with Crippen molar-refractivity contribution in [3.8, 4) is 0 Å². The molecule has 1 saturated heterocycles. The number of nitrogens with zero attached hydrogens (tertiary/aromatic N) is 2. The van der Waals surface area contributed by atoms with Gasteiger partial charge in [0.15, 0.2) is 0 Å². The molecule has 0 aromatic heterocycles. The number of hydrogen-bond donors (Lipinski definition) is 2. The van der Waals surface area contributed by atoms with Crippen molar-refractivity contribution in [2.75, 3.05) is 57.4 Å². The number of anilines is 2. The fraction of sp³-hybridized carbons (Fsp3) is 0.538. The Morgan fingerprint density at radius 1 is 1.28 bits per heavy atom. The monoisotopic (exact) mass is 360 g/mol. The highest BCUT2D eigenvalue weighted by molar-refractivity contribution is 14.1. The number of halogens is 1. The summed E-state index contributed by atoms with van der Waals surface area (Å²) in [5, 5.41) is 3.42. The van der Waals surface area contributed by atoms with Gasteiger partial charge in [-0.2, -0.15) is 0 Å². The molecule has 5 heteroatoms. The summed E-state index contributed by atoms with van der Waals surface area (Å²) in [5.41, 5.74) is 7.85. The van der Waals surface area contributed by atoms with Crippen molar-refractivity contribution in [1.29, 1.82) is 0 Å². The molecule has 4 nitrogen and oxygen atoms in total. The Bertz CT molecular complexity index is 389. The largest absolute Gasteiger partial charge is 0.397 e. The van der Waals surface area contributed by atoms with Crippen molar-refractivity contribution in [3.63, 3.8) is 0 Å². The van der Waals surface area contributed by atoms with Crippen LogP contribution in [0.2, 0.25) is 0 Å². The van der Waals surface area contributed by atoms with E-state index in [-0.39, 0.29) is 0 Å². The van der Waals surface area contributed by atoms with Gasteiger partial charge in [-0.25, -0.2) is 0 Å². The first kappa shape index (κ1) is 13.9. The summed E-state index contributed by atoms with van der Waals surface area (Å²) < 4.78 is 1.18. The van der Waals surface area contributed by atoms with Gasteiger partial charge in [-0.3, -0.25) is 4.90 Å². The first-order valence-electron chi connectivity index (χ1n) is 6.35. The van der Waals surface area contributed by atoms with E-state index in [0.717, 1.165) is 24.5 Å². The van der Waals surface area contributed by atoms with E-state index in [4.69, 9.17) is 5.73 Å². The van der Waals surface area contributed by atoms with Crippen molar-refractivity contribution < 1.29 is 0 Å². The molecule has 100 valence electrons. The average Bonchev–Trinajstić information content (AvgIpc) is 2.34. The molecule has 0 amide bonds. The first-order chi connectivity index (χ1) is 8.65. The summed E-state index contributed by atoms with van der Waals surface area (Å²) in [6, 6.07) is 6.13. The molecule has 1 aliphatic rings. The molecular formula is C13H21IN4. The SMILES string of the molecule is CN1CCN(CCNc2ccc(I)cc2N)CC1. The number of benzene rings is 1. The zero-order valence-corrected chi connectivity index (χ0v) is 13.0. The number of nitrogens with one attached hydrogen (secondary N) is 1. The zero-order valence-electron chi connectivity index (χ0n) is 10.8. The summed E-state index contributed by atoms with van der Waals surface area (Å²) in [4.78, 5) is 4.87. The lowest BCUT2D eigenvalue weighted by Gasteiger charge is -2.32. The van der Waals surface area contributed by atoms with E-state index >= 15 is 0 Å². The lowest BCUT2D eigenvalue weighted by atomic mass is 10.2. The number of nitrogens with two attached hydrogens (primary N) is 1. The molecule has 18 heavy (non-hydrogen) atoms. The molecule has 1 aromatic rings. The molecule has 1 aliphatic heterocycles. The smallest absolute Gasteiger partial charge is 0.0575 e. The number of nitrogen functional groups attached to an aromatic ring is 1. The Kier molecular flexibility index (Phi) is 5.08. The molecule has 0 radical (unpaired) electrons. The van der Waals surface area contributed by atoms with Gasteiger partial charge in [0.1, 0.15) is 0 Å². The Morgan fingerprint density at radius 3 is 2.67 bits per heavy atom. The van der Waals surface area contributed by atoms with Crippen LogP contribution in [0.4, 0.5) is 11.4 Å². The van der Waals surface area contributed by atoms with Crippen LogP contribution < -0.4 is 11.1 Å². The van der Waals surface area contributed by atoms with Crippen molar-refractivity contribution in [3.05, 3.63) is 21.8 Å². The van der Waals surface area contributed by atoms with Crippen LogP contribution in [-0.4, -0.2) is 56.1 Å². The van der Waals surface area contributed by atoms with E-state index in [9.17, 15) is 0 Å². The van der Waals surface area contributed by atoms with Gasteiger partial charge in [0.25, 0.3) is 0 Å². The fourth-order valence-electron chi connectivity index (χ4n) is 2.11. The van der Waals surface area contributed by atoms with Crippen LogP contribution in [0.25, 0.3) is 0 Å². The summed E-state index contributed by atoms with van der Waals surface area (Å²) in [5.74, 6) is 0. The van der Waals surface area contributed by atoms with E-state index in [0.29, 0.717) is 0 Å². The van der Waals surface area contributed by atoms with Crippen LogP contribution >= 0.6 is 22.6 Å². The third-order valence-electron chi connectivity index (χ3n) is 3.35. The lowest BCUT2D eigenvalue weighted by Crippen LogP contribution is -2.45. The minimum absolute atomic E-state index is 0.834.